The van der Waals surface area contributed by atoms with E-state index >= 15 is 0 Å². The second-order valence-electron chi connectivity index (χ2n) is 6.03. The van der Waals surface area contributed by atoms with Crippen LogP contribution >= 0.6 is 0 Å². The fourth-order valence-corrected chi connectivity index (χ4v) is 2.99. The molecular formula is C18H18N6O2. The molecule has 1 fully saturated rings. The molecule has 0 aromatic carbocycles. The van der Waals surface area contributed by atoms with Crippen LogP contribution in [0.3, 0.4) is 0 Å². The van der Waals surface area contributed by atoms with Crippen molar-refractivity contribution in [2.24, 2.45) is 0 Å². The molecule has 4 heterocycles. The van der Waals surface area contributed by atoms with Crippen molar-refractivity contribution < 1.29 is 9.21 Å². The number of piperazine rings is 1. The summed E-state index contributed by atoms with van der Waals surface area (Å²) in [5.41, 5.74) is 3.11. The van der Waals surface area contributed by atoms with Gasteiger partial charge in [-0.15, -0.1) is 0 Å². The van der Waals surface area contributed by atoms with Gasteiger partial charge in [-0.3, -0.25) is 14.8 Å². The number of carbonyl (C=O) groups is 1. The average molecular weight is 350 g/mol. The Balaban J connectivity index is 1.68. The van der Waals surface area contributed by atoms with E-state index in [4.69, 9.17) is 9.40 Å². The fraction of sp³-hybridized carbons (Fsp3) is 0.278. The minimum atomic E-state index is 0.0997. The van der Waals surface area contributed by atoms with Crippen molar-refractivity contribution in [1.29, 1.82) is 0 Å². The Bertz CT molecular complexity index is 889. The molecule has 8 heteroatoms. The van der Waals surface area contributed by atoms with Crippen LogP contribution in [0.2, 0.25) is 0 Å². The average Bonchev–Trinajstić information content (AvgIpc) is 3.23. The number of hydrogen-bond acceptors (Lipinski definition) is 7. The van der Waals surface area contributed by atoms with E-state index in [1.807, 2.05) is 11.0 Å². The summed E-state index contributed by atoms with van der Waals surface area (Å²) in [5.74, 6) is 0.736. The third-order valence-corrected chi connectivity index (χ3v) is 4.42. The largest absolute Gasteiger partial charge is 0.472 e. The van der Waals surface area contributed by atoms with Crippen molar-refractivity contribution in [3.63, 3.8) is 0 Å². The van der Waals surface area contributed by atoms with E-state index in [9.17, 15) is 4.79 Å². The van der Waals surface area contributed by atoms with Gasteiger partial charge in [-0.25, -0.2) is 9.97 Å². The molecule has 0 radical (unpaired) electrons. The van der Waals surface area contributed by atoms with Gasteiger partial charge in [0.2, 0.25) is 11.9 Å². The van der Waals surface area contributed by atoms with Gasteiger partial charge >= 0.3 is 0 Å². The van der Waals surface area contributed by atoms with E-state index in [1.54, 1.807) is 44.2 Å². The highest BCUT2D eigenvalue weighted by molar-refractivity contribution is 5.78. The highest BCUT2D eigenvalue weighted by Crippen LogP contribution is 2.30. The summed E-state index contributed by atoms with van der Waals surface area (Å²) in [4.78, 5) is 33.2. The monoisotopic (exact) mass is 350 g/mol. The molecule has 0 bridgehead atoms. The van der Waals surface area contributed by atoms with E-state index in [0.29, 0.717) is 37.8 Å². The van der Waals surface area contributed by atoms with Gasteiger partial charge in [0, 0.05) is 62.8 Å². The Morgan fingerprint density at radius 3 is 2.62 bits per heavy atom. The predicted octanol–water partition coefficient (Wildman–Crippen LogP) is 1.86. The smallest absolute Gasteiger partial charge is 0.226 e. The number of anilines is 1. The normalized spacial score (nSPS) is 14.5. The molecule has 1 aliphatic rings. The third-order valence-electron chi connectivity index (χ3n) is 4.42. The van der Waals surface area contributed by atoms with E-state index in [-0.39, 0.29) is 5.91 Å². The Morgan fingerprint density at radius 1 is 1.12 bits per heavy atom. The summed E-state index contributed by atoms with van der Waals surface area (Å²) < 4.78 is 5.23. The van der Waals surface area contributed by atoms with Gasteiger partial charge in [-0.1, -0.05) is 0 Å². The summed E-state index contributed by atoms with van der Waals surface area (Å²) >= 11 is 0. The molecule has 132 valence electrons. The van der Waals surface area contributed by atoms with Crippen LogP contribution in [-0.2, 0) is 4.79 Å². The van der Waals surface area contributed by atoms with Gasteiger partial charge in [0.25, 0.3) is 0 Å². The number of hydrogen-bond donors (Lipinski definition) is 0. The van der Waals surface area contributed by atoms with Gasteiger partial charge in [0.1, 0.15) is 0 Å². The lowest BCUT2D eigenvalue weighted by atomic mass is 10.1. The van der Waals surface area contributed by atoms with E-state index in [0.717, 1.165) is 16.8 Å². The number of amides is 1. The fourth-order valence-electron chi connectivity index (χ4n) is 2.99. The topological polar surface area (TPSA) is 88.3 Å². The summed E-state index contributed by atoms with van der Waals surface area (Å²) in [6.45, 7) is 4.35. The maximum Gasteiger partial charge on any atom is 0.226 e. The molecule has 3 aromatic rings. The molecule has 26 heavy (non-hydrogen) atoms. The molecule has 0 aliphatic carbocycles. The van der Waals surface area contributed by atoms with Gasteiger partial charge in [-0.05, 0) is 6.07 Å². The third kappa shape index (κ3) is 3.13. The highest BCUT2D eigenvalue weighted by atomic mass is 16.3. The van der Waals surface area contributed by atoms with Crippen molar-refractivity contribution in [3.8, 4) is 22.5 Å². The molecule has 0 atom stereocenters. The lowest BCUT2D eigenvalue weighted by Gasteiger charge is -2.34. The zero-order valence-electron chi connectivity index (χ0n) is 14.4. The Morgan fingerprint density at radius 2 is 1.96 bits per heavy atom. The minimum absolute atomic E-state index is 0.0997. The van der Waals surface area contributed by atoms with Crippen LogP contribution in [0.5, 0.6) is 0 Å². The number of rotatable bonds is 3. The van der Waals surface area contributed by atoms with Crippen molar-refractivity contribution >= 4 is 11.9 Å². The van der Waals surface area contributed by atoms with E-state index in [1.165, 1.54) is 0 Å². The standard InChI is InChI=1S/C18H18N6O2/c1-13(25)23-5-7-24(8-6-23)18-21-10-15(16-11-19-3-4-20-16)17(22-18)14-2-9-26-12-14/h2-4,9-12H,5-8H2,1H3. The van der Waals surface area contributed by atoms with Crippen LogP contribution in [-0.4, -0.2) is 56.9 Å². The highest BCUT2D eigenvalue weighted by Gasteiger charge is 2.22. The SMILES string of the molecule is CC(=O)N1CCN(c2ncc(-c3cnccn3)c(-c3ccoc3)n2)CC1. The second-order valence-corrected chi connectivity index (χ2v) is 6.03. The quantitative estimate of drug-likeness (QED) is 0.712. The molecule has 0 saturated carbocycles. The summed E-state index contributed by atoms with van der Waals surface area (Å²) in [7, 11) is 0. The minimum Gasteiger partial charge on any atom is -0.472 e. The zero-order chi connectivity index (χ0) is 17.9. The summed E-state index contributed by atoms with van der Waals surface area (Å²) in [5, 5.41) is 0. The lowest BCUT2D eigenvalue weighted by Crippen LogP contribution is -2.48. The maximum absolute atomic E-state index is 11.5. The summed E-state index contributed by atoms with van der Waals surface area (Å²) in [6.07, 6.45) is 10.00. The first-order valence-electron chi connectivity index (χ1n) is 8.39. The van der Waals surface area contributed by atoms with E-state index < -0.39 is 0 Å². The molecule has 0 N–H and O–H groups in total. The number of furan rings is 1. The van der Waals surface area contributed by atoms with Crippen LogP contribution in [0, 0.1) is 0 Å². The molecule has 0 unspecified atom stereocenters. The van der Waals surface area contributed by atoms with Crippen LogP contribution in [0.1, 0.15) is 6.92 Å². The first kappa shape index (κ1) is 16.2. The van der Waals surface area contributed by atoms with E-state index in [2.05, 4.69) is 19.9 Å². The molecule has 0 spiro atoms. The number of nitrogens with zero attached hydrogens (tertiary/aromatic N) is 6. The van der Waals surface area contributed by atoms with Crippen molar-refractivity contribution in [2.45, 2.75) is 6.92 Å². The van der Waals surface area contributed by atoms with Crippen molar-refractivity contribution in [3.05, 3.63) is 43.4 Å². The van der Waals surface area contributed by atoms with Crippen LogP contribution in [0.15, 0.2) is 47.8 Å². The molecular weight excluding hydrogens is 332 g/mol. The van der Waals surface area contributed by atoms with Gasteiger partial charge in [0.05, 0.1) is 30.1 Å². The predicted molar refractivity (Wildman–Crippen MR) is 95.2 cm³/mol. The zero-order valence-corrected chi connectivity index (χ0v) is 14.4. The Hall–Kier alpha value is -3.29. The van der Waals surface area contributed by atoms with Gasteiger partial charge in [-0.2, -0.15) is 0 Å². The van der Waals surface area contributed by atoms with Crippen LogP contribution in [0.4, 0.5) is 5.95 Å². The van der Waals surface area contributed by atoms with Gasteiger partial charge in [0.15, 0.2) is 0 Å². The first-order valence-corrected chi connectivity index (χ1v) is 8.39. The second kappa shape index (κ2) is 6.91. The Kier molecular flexibility index (Phi) is 4.30. The maximum atomic E-state index is 11.5. The molecule has 8 nitrogen and oxygen atoms in total. The first-order chi connectivity index (χ1) is 12.7. The molecule has 1 saturated heterocycles. The molecule has 3 aromatic heterocycles. The van der Waals surface area contributed by atoms with Gasteiger partial charge < -0.3 is 14.2 Å². The molecule has 1 amide bonds. The van der Waals surface area contributed by atoms with Crippen LogP contribution in [0.25, 0.3) is 22.5 Å². The number of aromatic nitrogens is 4. The van der Waals surface area contributed by atoms with Crippen molar-refractivity contribution in [2.75, 3.05) is 31.1 Å². The van der Waals surface area contributed by atoms with Crippen LogP contribution < -0.4 is 4.90 Å². The molecule has 1 aliphatic heterocycles. The number of carbonyl (C=O) groups excluding carboxylic acids is 1. The molecule has 4 rings (SSSR count). The van der Waals surface area contributed by atoms with Crippen molar-refractivity contribution in [1.82, 2.24) is 24.8 Å². The lowest BCUT2D eigenvalue weighted by molar-refractivity contribution is -0.129. The Labute approximate surface area is 150 Å². The summed E-state index contributed by atoms with van der Waals surface area (Å²) in [6, 6.07) is 1.86.